The molecule has 0 amide bonds. The fourth-order valence-electron chi connectivity index (χ4n) is 6.52. The summed E-state index contributed by atoms with van der Waals surface area (Å²) in [5, 5.41) is 1.60. The Bertz CT molecular complexity index is 1260. The zero-order valence-corrected chi connectivity index (χ0v) is 35.2. The van der Waals surface area contributed by atoms with Crippen molar-refractivity contribution in [1.82, 2.24) is 0 Å². The Balaban J connectivity index is 0.000000613. The van der Waals surface area contributed by atoms with E-state index in [9.17, 15) is 0 Å². The van der Waals surface area contributed by atoms with E-state index in [1.807, 2.05) is 45.0 Å². The van der Waals surface area contributed by atoms with Gasteiger partial charge in [-0.15, -0.1) is 6.54 Å². The van der Waals surface area contributed by atoms with Crippen LogP contribution in [0.2, 0.25) is 0 Å². The predicted octanol–water partition coefficient (Wildman–Crippen LogP) is 9.21. The molecule has 4 nitrogen and oxygen atoms in total. The molecular formula is C43H64ClNO3PPd-3. The van der Waals surface area contributed by atoms with Crippen molar-refractivity contribution in [2.45, 2.75) is 148 Å². The number of hydrogen-bond acceptors (Lipinski definition) is 3. The van der Waals surface area contributed by atoms with Crippen molar-refractivity contribution in [3.8, 4) is 22.6 Å². The number of hydrogen-bond donors (Lipinski definition) is 0. The summed E-state index contributed by atoms with van der Waals surface area (Å²) in [4.78, 5) is 0. The van der Waals surface area contributed by atoms with Crippen molar-refractivity contribution in [2.75, 3.05) is 13.7 Å². The van der Waals surface area contributed by atoms with Gasteiger partial charge in [0.25, 0.3) is 0 Å². The van der Waals surface area contributed by atoms with E-state index in [4.69, 9.17) is 19.9 Å². The topological polar surface area (TPSA) is 51.5 Å². The van der Waals surface area contributed by atoms with Crippen molar-refractivity contribution >= 4 is 13.2 Å². The Morgan fingerprint density at radius 2 is 1.22 bits per heavy atom. The van der Waals surface area contributed by atoms with Crippen LogP contribution in [0.25, 0.3) is 16.9 Å². The third-order valence-corrected chi connectivity index (χ3v) is 12.4. The molecule has 0 radical (unpaired) electrons. The van der Waals surface area contributed by atoms with Gasteiger partial charge in [-0.05, 0) is 108 Å². The van der Waals surface area contributed by atoms with Crippen LogP contribution in [-0.2, 0) is 31.6 Å². The first-order valence-electron chi connectivity index (χ1n) is 18.5. The Labute approximate surface area is 327 Å². The van der Waals surface area contributed by atoms with Crippen LogP contribution in [0.4, 0.5) is 0 Å². The molecule has 7 heteroatoms. The summed E-state index contributed by atoms with van der Waals surface area (Å²) in [5.41, 5.74) is 12.3. The average molecular weight is 816 g/mol. The molecule has 3 aromatic rings. The maximum atomic E-state index is 6.92. The van der Waals surface area contributed by atoms with Gasteiger partial charge in [-0.2, -0.15) is 35.9 Å². The van der Waals surface area contributed by atoms with Crippen LogP contribution in [0.15, 0.2) is 66.7 Å². The minimum absolute atomic E-state index is 0. The van der Waals surface area contributed by atoms with Crippen molar-refractivity contribution in [3.05, 3.63) is 84.1 Å². The van der Waals surface area contributed by atoms with Crippen LogP contribution in [0.5, 0.6) is 11.5 Å². The molecule has 0 aliphatic heterocycles. The molecule has 0 atom stereocenters. The van der Waals surface area contributed by atoms with Gasteiger partial charge in [-0.25, -0.2) is 0 Å². The Hall–Kier alpha value is -1.44. The molecule has 3 aromatic carbocycles. The van der Waals surface area contributed by atoms with Crippen molar-refractivity contribution < 1.29 is 47.0 Å². The molecule has 284 valence electrons. The van der Waals surface area contributed by atoms with Gasteiger partial charge in [0, 0.05) is 27.5 Å². The van der Waals surface area contributed by atoms with Crippen LogP contribution in [0.1, 0.15) is 118 Å². The normalized spacial score (nSPS) is 15.2. The van der Waals surface area contributed by atoms with Crippen molar-refractivity contribution in [1.29, 1.82) is 0 Å². The van der Waals surface area contributed by atoms with E-state index in [0.717, 1.165) is 40.4 Å². The number of nitrogens with one attached hydrogen (secondary N) is 1. The molecule has 0 heterocycles. The summed E-state index contributed by atoms with van der Waals surface area (Å²) in [7, 11) is 1.50. The van der Waals surface area contributed by atoms with Crippen molar-refractivity contribution in [3.63, 3.8) is 0 Å². The standard InChI is InChI=1S/C30H43O2P.C8H9N.C5H12O.ClH.Pd/c1-22(2)31-27-19-13-20-28(32-23(3)4)30(27)26-18-11-12-21-29(26)33(24-14-7-5-8-15-24)25-16-9-6-10-17-25;9-7-6-8-4-2-1-3-5-8;1-5(2,3)6-4;;/h11-13,18-25H,5-10,14-17H2,1-4H3;1-4,9H,6-7H2;1-4H3;1H;/q;-2;;;/p-1. The minimum atomic E-state index is -0.213. The van der Waals surface area contributed by atoms with E-state index in [2.05, 4.69) is 76.2 Å². The predicted molar refractivity (Wildman–Crippen MR) is 209 cm³/mol. The Kier molecular flexibility index (Phi) is 23.0. The molecule has 2 aliphatic rings. The molecular weight excluding hydrogens is 751 g/mol. The van der Waals surface area contributed by atoms with Crippen molar-refractivity contribution in [2.24, 2.45) is 0 Å². The van der Waals surface area contributed by atoms with Gasteiger partial charge in [0.15, 0.2) is 0 Å². The van der Waals surface area contributed by atoms with E-state index in [0.29, 0.717) is 6.54 Å². The Morgan fingerprint density at radius 1 is 0.740 bits per heavy atom. The zero-order chi connectivity index (χ0) is 34.9. The van der Waals surface area contributed by atoms with E-state index in [1.54, 1.807) is 12.4 Å². The molecule has 2 fully saturated rings. The first-order valence-corrected chi connectivity index (χ1v) is 20.0. The smallest absolute Gasteiger partial charge is 0.131 e. The second-order valence-electron chi connectivity index (χ2n) is 14.7. The molecule has 1 N–H and O–H groups in total. The van der Waals surface area contributed by atoms with Gasteiger partial charge < -0.3 is 32.4 Å². The SMILES string of the molecule is CC(C)Oc1cccc(OC(C)C)c1-c1ccccc1P(C1CCCCC1)C1CCCCC1.COC(C)(C)C.[Cl-].[NH-]CCc1[c-]cccc1.[Pd]. The number of rotatable bonds is 10. The first kappa shape index (κ1) is 46.6. The summed E-state index contributed by atoms with van der Waals surface area (Å²) in [6.07, 6.45) is 15.2. The maximum absolute atomic E-state index is 6.92. The van der Waals surface area contributed by atoms with E-state index in [-0.39, 0.29) is 58.6 Å². The van der Waals surface area contributed by atoms with Gasteiger partial charge in [0.05, 0.1) is 23.4 Å². The molecule has 0 bridgehead atoms. The maximum Gasteiger partial charge on any atom is 0.131 e. The average Bonchev–Trinajstić information content (AvgIpc) is 3.07. The van der Waals surface area contributed by atoms with Gasteiger partial charge in [-0.1, -0.05) is 83.2 Å². The van der Waals surface area contributed by atoms with Crippen LogP contribution in [0, 0.1) is 6.07 Å². The fourth-order valence-corrected chi connectivity index (χ4v) is 10.5. The molecule has 2 aliphatic carbocycles. The molecule has 2 saturated carbocycles. The monoisotopic (exact) mass is 814 g/mol. The van der Waals surface area contributed by atoms with Gasteiger partial charge in [0.2, 0.25) is 0 Å². The summed E-state index contributed by atoms with van der Waals surface area (Å²) in [6, 6.07) is 26.4. The van der Waals surface area contributed by atoms with Gasteiger partial charge in [0.1, 0.15) is 11.5 Å². The number of benzene rings is 3. The molecule has 5 rings (SSSR count). The largest absolute Gasteiger partial charge is 1.00 e. The molecule has 0 spiro atoms. The third kappa shape index (κ3) is 16.1. The molecule has 0 aromatic heterocycles. The zero-order valence-electron chi connectivity index (χ0n) is 32.0. The van der Waals surface area contributed by atoms with E-state index in [1.165, 1.54) is 69.8 Å². The number of halogens is 1. The molecule has 0 unspecified atom stereocenters. The molecule has 0 saturated heterocycles. The van der Waals surface area contributed by atoms with Gasteiger partial charge in [-0.3, -0.25) is 0 Å². The summed E-state index contributed by atoms with van der Waals surface area (Å²) >= 11 is 0. The number of ether oxygens (including phenoxy) is 3. The fraction of sp³-hybridized carbons (Fsp3) is 0.581. The number of methoxy groups -OCH3 is 1. The first-order chi connectivity index (χ1) is 23.0. The van der Waals surface area contributed by atoms with Crippen LogP contribution >= 0.6 is 7.92 Å². The summed E-state index contributed by atoms with van der Waals surface area (Å²) in [5.74, 6) is 1.91. The summed E-state index contributed by atoms with van der Waals surface area (Å²) in [6.45, 7) is 15.0. The molecule has 50 heavy (non-hydrogen) atoms. The van der Waals surface area contributed by atoms with Crippen LogP contribution in [-0.4, -0.2) is 42.8 Å². The van der Waals surface area contributed by atoms with Crippen LogP contribution < -0.4 is 27.2 Å². The van der Waals surface area contributed by atoms with Crippen LogP contribution in [0.3, 0.4) is 0 Å². The van der Waals surface area contributed by atoms with E-state index >= 15 is 0 Å². The quantitative estimate of drug-likeness (QED) is 0.117. The third-order valence-electron chi connectivity index (χ3n) is 8.88. The second-order valence-corrected chi connectivity index (χ2v) is 17.4. The van der Waals surface area contributed by atoms with E-state index < -0.39 is 0 Å². The van der Waals surface area contributed by atoms with Gasteiger partial charge >= 0.3 is 0 Å². The Morgan fingerprint density at radius 3 is 1.64 bits per heavy atom. The minimum Gasteiger partial charge on any atom is -1.00 e. The summed E-state index contributed by atoms with van der Waals surface area (Å²) < 4.78 is 17.7. The second kappa shape index (κ2) is 24.7.